The molecule has 0 saturated carbocycles. The molecule has 15 heavy (non-hydrogen) atoms. The van der Waals surface area contributed by atoms with Crippen LogP contribution in [-0.2, 0) is 6.42 Å². The SMILES string of the molecule is CCCC(CCl)Cc1cccc(F)c1Cl. The molecule has 0 bridgehead atoms. The van der Waals surface area contributed by atoms with Crippen LogP contribution in [0.2, 0.25) is 5.02 Å². The molecule has 1 aromatic carbocycles. The van der Waals surface area contributed by atoms with Gasteiger partial charge in [-0.3, -0.25) is 0 Å². The van der Waals surface area contributed by atoms with Crippen molar-refractivity contribution in [2.75, 3.05) is 5.88 Å². The number of hydrogen-bond donors (Lipinski definition) is 0. The van der Waals surface area contributed by atoms with Crippen molar-refractivity contribution in [3.8, 4) is 0 Å². The molecule has 0 aliphatic heterocycles. The average Bonchev–Trinajstić information content (AvgIpc) is 2.24. The van der Waals surface area contributed by atoms with Gasteiger partial charge in [0.05, 0.1) is 5.02 Å². The first-order valence-corrected chi connectivity index (χ1v) is 6.09. The highest BCUT2D eigenvalue weighted by Gasteiger charge is 2.11. The van der Waals surface area contributed by atoms with Gasteiger partial charge in [-0.2, -0.15) is 0 Å². The van der Waals surface area contributed by atoms with E-state index in [-0.39, 0.29) is 10.8 Å². The zero-order chi connectivity index (χ0) is 11.3. The van der Waals surface area contributed by atoms with E-state index < -0.39 is 0 Å². The summed E-state index contributed by atoms with van der Waals surface area (Å²) >= 11 is 11.7. The van der Waals surface area contributed by atoms with Crippen molar-refractivity contribution in [1.29, 1.82) is 0 Å². The van der Waals surface area contributed by atoms with E-state index in [0.29, 0.717) is 11.8 Å². The summed E-state index contributed by atoms with van der Waals surface area (Å²) in [5.41, 5.74) is 0.857. The van der Waals surface area contributed by atoms with E-state index in [0.717, 1.165) is 24.8 Å². The second-order valence-corrected chi connectivity index (χ2v) is 4.41. The van der Waals surface area contributed by atoms with Crippen LogP contribution < -0.4 is 0 Å². The van der Waals surface area contributed by atoms with Crippen LogP contribution in [0.1, 0.15) is 25.3 Å². The minimum Gasteiger partial charge on any atom is -0.205 e. The van der Waals surface area contributed by atoms with Gasteiger partial charge in [-0.15, -0.1) is 11.6 Å². The molecule has 0 spiro atoms. The monoisotopic (exact) mass is 248 g/mol. The highest BCUT2D eigenvalue weighted by Crippen LogP contribution is 2.24. The molecule has 0 radical (unpaired) electrons. The Labute approximate surface area is 100 Å². The Bertz CT molecular complexity index is 312. The minimum absolute atomic E-state index is 0.240. The van der Waals surface area contributed by atoms with Gasteiger partial charge in [0.1, 0.15) is 5.82 Å². The molecular weight excluding hydrogens is 234 g/mol. The molecule has 1 unspecified atom stereocenters. The second-order valence-electron chi connectivity index (χ2n) is 3.73. The Morgan fingerprint density at radius 3 is 2.73 bits per heavy atom. The predicted octanol–water partition coefficient (Wildman–Crippen LogP) is 4.68. The Hall–Kier alpha value is -0.270. The van der Waals surface area contributed by atoms with E-state index in [1.807, 2.05) is 6.07 Å². The van der Waals surface area contributed by atoms with Gasteiger partial charge in [0.25, 0.3) is 0 Å². The van der Waals surface area contributed by atoms with Gasteiger partial charge in [-0.1, -0.05) is 37.1 Å². The van der Waals surface area contributed by atoms with Crippen LogP contribution in [0.3, 0.4) is 0 Å². The van der Waals surface area contributed by atoms with Crippen LogP contribution >= 0.6 is 23.2 Å². The first kappa shape index (κ1) is 12.8. The first-order valence-electron chi connectivity index (χ1n) is 5.17. The molecule has 0 aromatic heterocycles. The zero-order valence-electron chi connectivity index (χ0n) is 8.77. The predicted molar refractivity (Wildman–Crippen MR) is 64.2 cm³/mol. The van der Waals surface area contributed by atoms with E-state index in [4.69, 9.17) is 23.2 Å². The normalized spacial score (nSPS) is 12.8. The van der Waals surface area contributed by atoms with Crippen molar-refractivity contribution in [2.24, 2.45) is 5.92 Å². The van der Waals surface area contributed by atoms with Crippen molar-refractivity contribution in [3.63, 3.8) is 0 Å². The molecule has 0 N–H and O–H groups in total. The van der Waals surface area contributed by atoms with Gasteiger partial charge >= 0.3 is 0 Å². The average molecular weight is 249 g/mol. The van der Waals surface area contributed by atoms with Crippen LogP contribution in [-0.4, -0.2) is 5.88 Å². The summed E-state index contributed by atoms with van der Waals surface area (Å²) in [5.74, 6) is 0.635. The fourth-order valence-corrected chi connectivity index (χ4v) is 2.13. The van der Waals surface area contributed by atoms with Crippen LogP contribution in [0, 0.1) is 11.7 Å². The lowest BCUT2D eigenvalue weighted by atomic mass is 9.97. The standard InChI is InChI=1S/C12H15Cl2F/c1-2-4-9(8-13)7-10-5-3-6-11(15)12(10)14/h3,5-6,9H,2,4,7-8H2,1H3. The zero-order valence-corrected chi connectivity index (χ0v) is 10.3. The van der Waals surface area contributed by atoms with Gasteiger partial charge in [0.15, 0.2) is 0 Å². The van der Waals surface area contributed by atoms with Crippen molar-refractivity contribution >= 4 is 23.2 Å². The topological polar surface area (TPSA) is 0 Å². The molecular formula is C12H15Cl2F. The Balaban J connectivity index is 2.74. The van der Waals surface area contributed by atoms with Gasteiger partial charge in [-0.05, 0) is 30.4 Å². The molecule has 0 nitrogen and oxygen atoms in total. The quantitative estimate of drug-likeness (QED) is 0.665. The lowest BCUT2D eigenvalue weighted by Crippen LogP contribution is -2.06. The molecule has 0 aliphatic carbocycles. The summed E-state index contributed by atoms with van der Waals surface area (Å²) in [6.07, 6.45) is 2.90. The van der Waals surface area contributed by atoms with Gasteiger partial charge in [-0.25, -0.2) is 4.39 Å². The molecule has 0 heterocycles. The van der Waals surface area contributed by atoms with E-state index in [9.17, 15) is 4.39 Å². The molecule has 0 saturated heterocycles. The van der Waals surface area contributed by atoms with E-state index >= 15 is 0 Å². The summed E-state index contributed by atoms with van der Waals surface area (Å²) in [6.45, 7) is 2.12. The third-order valence-corrected chi connectivity index (χ3v) is 3.32. The lowest BCUT2D eigenvalue weighted by molar-refractivity contribution is 0.526. The van der Waals surface area contributed by atoms with Crippen molar-refractivity contribution in [1.82, 2.24) is 0 Å². The Kier molecular flexibility index (Phi) is 5.41. The second kappa shape index (κ2) is 6.34. The molecule has 0 fully saturated rings. The fraction of sp³-hybridized carbons (Fsp3) is 0.500. The van der Waals surface area contributed by atoms with E-state index in [1.165, 1.54) is 6.07 Å². The first-order chi connectivity index (χ1) is 7.19. The van der Waals surface area contributed by atoms with Gasteiger partial charge in [0, 0.05) is 5.88 Å². The summed E-state index contributed by atoms with van der Waals surface area (Å²) in [5, 5.41) is 0.240. The summed E-state index contributed by atoms with van der Waals surface area (Å²) in [6, 6.07) is 4.93. The smallest absolute Gasteiger partial charge is 0.142 e. The highest BCUT2D eigenvalue weighted by atomic mass is 35.5. The van der Waals surface area contributed by atoms with Gasteiger partial charge < -0.3 is 0 Å². The molecule has 1 aromatic rings. The number of hydrogen-bond acceptors (Lipinski definition) is 0. The van der Waals surface area contributed by atoms with E-state index in [2.05, 4.69) is 6.92 Å². The van der Waals surface area contributed by atoms with Crippen LogP contribution in [0.15, 0.2) is 18.2 Å². The Morgan fingerprint density at radius 1 is 1.40 bits per heavy atom. The molecule has 3 heteroatoms. The van der Waals surface area contributed by atoms with Crippen LogP contribution in [0.5, 0.6) is 0 Å². The maximum absolute atomic E-state index is 13.2. The van der Waals surface area contributed by atoms with Crippen molar-refractivity contribution in [3.05, 3.63) is 34.6 Å². The largest absolute Gasteiger partial charge is 0.205 e. The maximum atomic E-state index is 13.2. The van der Waals surface area contributed by atoms with Crippen LogP contribution in [0.25, 0.3) is 0 Å². The third-order valence-electron chi connectivity index (χ3n) is 2.46. The maximum Gasteiger partial charge on any atom is 0.142 e. The number of rotatable bonds is 5. The highest BCUT2D eigenvalue weighted by molar-refractivity contribution is 6.31. The number of alkyl halides is 1. The summed E-state index contributed by atoms with van der Waals surface area (Å²) in [7, 11) is 0. The van der Waals surface area contributed by atoms with Gasteiger partial charge in [0.2, 0.25) is 0 Å². The number of benzene rings is 1. The summed E-state index contributed by atoms with van der Waals surface area (Å²) in [4.78, 5) is 0. The van der Waals surface area contributed by atoms with Crippen molar-refractivity contribution < 1.29 is 4.39 Å². The fourth-order valence-electron chi connectivity index (χ4n) is 1.66. The molecule has 0 amide bonds. The Morgan fingerprint density at radius 2 is 2.13 bits per heavy atom. The van der Waals surface area contributed by atoms with Crippen LogP contribution in [0.4, 0.5) is 4.39 Å². The number of halogens is 3. The van der Waals surface area contributed by atoms with Crippen molar-refractivity contribution in [2.45, 2.75) is 26.2 Å². The molecule has 0 aliphatic rings. The molecule has 1 rings (SSSR count). The van der Waals surface area contributed by atoms with E-state index in [1.54, 1.807) is 6.07 Å². The molecule has 84 valence electrons. The third kappa shape index (κ3) is 3.66. The summed E-state index contributed by atoms with van der Waals surface area (Å²) < 4.78 is 13.2. The lowest BCUT2D eigenvalue weighted by Gasteiger charge is -2.13. The molecule has 1 atom stereocenters. The minimum atomic E-state index is -0.348.